The molecule has 1 aliphatic heterocycles. The molecule has 1 heterocycles. The minimum absolute atomic E-state index is 0.0132. The molecule has 8 heteroatoms. The van der Waals surface area contributed by atoms with Gasteiger partial charge >= 0.3 is 0 Å². The largest absolute Gasteiger partial charge is 0.370 e. The lowest BCUT2D eigenvalue weighted by Gasteiger charge is -2.27. The second-order valence-corrected chi connectivity index (χ2v) is 5.63. The summed E-state index contributed by atoms with van der Waals surface area (Å²) in [4.78, 5) is 34.9. The third-order valence-corrected chi connectivity index (χ3v) is 3.80. The van der Waals surface area contributed by atoms with Gasteiger partial charge in [0.25, 0.3) is 0 Å². The highest BCUT2D eigenvalue weighted by atomic mass is 16.2. The summed E-state index contributed by atoms with van der Waals surface area (Å²) in [7, 11) is 1.69. The van der Waals surface area contributed by atoms with Gasteiger partial charge in [-0.05, 0) is 39.8 Å². The third-order valence-electron chi connectivity index (χ3n) is 3.80. The van der Waals surface area contributed by atoms with Crippen LogP contribution in [0.3, 0.4) is 0 Å². The van der Waals surface area contributed by atoms with Crippen molar-refractivity contribution in [1.29, 1.82) is 0 Å². The van der Waals surface area contributed by atoms with Crippen LogP contribution in [0.25, 0.3) is 0 Å². The Bertz CT molecular complexity index is 402. The quantitative estimate of drug-likeness (QED) is 0.380. The molecule has 0 aromatic rings. The van der Waals surface area contributed by atoms with Crippen molar-refractivity contribution in [3.8, 4) is 0 Å². The number of nitrogens with two attached hydrogens (primary N) is 1. The normalized spacial score (nSPS) is 23.8. The zero-order valence-corrected chi connectivity index (χ0v) is 13.3. The van der Waals surface area contributed by atoms with Crippen molar-refractivity contribution in [3.63, 3.8) is 0 Å². The van der Waals surface area contributed by atoms with Gasteiger partial charge < -0.3 is 27.0 Å². The first-order valence-electron chi connectivity index (χ1n) is 7.71. The van der Waals surface area contributed by atoms with Crippen LogP contribution in [0.5, 0.6) is 0 Å². The van der Waals surface area contributed by atoms with Gasteiger partial charge in [-0.1, -0.05) is 0 Å². The Kier molecular flexibility index (Phi) is 7.83. The monoisotopic (exact) mass is 313 g/mol. The van der Waals surface area contributed by atoms with Crippen molar-refractivity contribution in [3.05, 3.63) is 0 Å². The Morgan fingerprint density at radius 2 is 2.18 bits per heavy atom. The van der Waals surface area contributed by atoms with Crippen molar-refractivity contribution < 1.29 is 14.4 Å². The zero-order valence-electron chi connectivity index (χ0n) is 13.3. The van der Waals surface area contributed by atoms with E-state index in [4.69, 9.17) is 5.73 Å². The summed E-state index contributed by atoms with van der Waals surface area (Å²) in [6.07, 6.45) is 2.45. The predicted octanol–water partition coefficient (Wildman–Crippen LogP) is -1.79. The Balaban J connectivity index is 2.51. The summed E-state index contributed by atoms with van der Waals surface area (Å²) in [5.41, 5.74) is 5.12. The molecular formula is C14H27N5O3. The summed E-state index contributed by atoms with van der Waals surface area (Å²) >= 11 is 0. The molecule has 0 bridgehead atoms. The van der Waals surface area contributed by atoms with Gasteiger partial charge in [0.15, 0.2) is 0 Å². The highest BCUT2D eigenvalue weighted by Crippen LogP contribution is 2.06. The first-order chi connectivity index (χ1) is 10.4. The molecule has 1 aliphatic rings. The first-order valence-corrected chi connectivity index (χ1v) is 7.71. The highest BCUT2D eigenvalue weighted by Gasteiger charge is 2.26. The van der Waals surface area contributed by atoms with Crippen LogP contribution < -0.4 is 27.0 Å². The average Bonchev–Trinajstić information content (AvgIpc) is 2.46. The molecule has 8 nitrogen and oxygen atoms in total. The minimum atomic E-state index is -0.595. The van der Waals surface area contributed by atoms with Gasteiger partial charge in [0.1, 0.15) is 6.04 Å². The molecule has 0 aromatic heterocycles. The number of amides is 3. The molecule has 3 atom stereocenters. The molecule has 22 heavy (non-hydrogen) atoms. The van der Waals surface area contributed by atoms with Crippen LogP contribution >= 0.6 is 0 Å². The number of hydrogen-bond donors (Lipinski definition) is 5. The maximum absolute atomic E-state index is 12.2. The van der Waals surface area contributed by atoms with E-state index in [0.717, 1.165) is 13.0 Å². The number of likely N-dealkylation sites (N-methyl/N-ethyl adjacent to an activating group) is 1. The van der Waals surface area contributed by atoms with E-state index in [1.807, 2.05) is 0 Å². The Morgan fingerprint density at radius 1 is 1.45 bits per heavy atom. The second kappa shape index (κ2) is 9.37. The van der Waals surface area contributed by atoms with E-state index in [1.54, 1.807) is 14.0 Å². The van der Waals surface area contributed by atoms with Crippen LogP contribution in [0.1, 0.15) is 32.6 Å². The van der Waals surface area contributed by atoms with Gasteiger partial charge in [-0.15, -0.1) is 0 Å². The van der Waals surface area contributed by atoms with E-state index in [-0.39, 0.29) is 29.8 Å². The number of primary amides is 1. The van der Waals surface area contributed by atoms with Gasteiger partial charge in [-0.2, -0.15) is 0 Å². The molecule has 1 rings (SSSR count). The molecule has 6 N–H and O–H groups in total. The van der Waals surface area contributed by atoms with E-state index >= 15 is 0 Å². The molecule has 1 saturated heterocycles. The zero-order chi connectivity index (χ0) is 16.5. The highest BCUT2D eigenvalue weighted by molar-refractivity contribution is 5.90. The maximum atomic E-state index is 12.2. The summed E-state index contributed by atoms with van der Waals surface area (Å²) in [6.45, 7) is 2.88. The molecule has 0 saturated carbocycles. The fraction of sp³-hybridized carbons (Fsp3) is 0.786. The van der Waals surface area contributed by atoms with E-state index in [2.05, 4.69) is 21.3 Å². The van der Waals surface area contributed by atoms with E-state index in [9.17, 15) is 14.4 Å². The molecule has 3 amide bonds. The summed E-state index contributed by atoms with van der Waals surface area (Å²) in [5, 5.41) is 11.7. The SMILES string of the molecule is CNC(C)C(=O)NC1CNCCC(CCCC(N)=O)NC1=O. The fourth-order valence-corrected chi connectivity index (χ4v) is 2.27. The van der Waals surface area contributed by atoms with Crippen molar-refractivity contribution in [2.24, 2.45) is 5.73 Å². The lowest BCUT2D eigenvalue weighted by molar-refractivity contribution is -0.130. The van der Waals surface area contributed by atoms with Crippen LogP contribution in [-0.4, -0.2) is 56.0 Å². The lowest BCUT2D eigenvalue weighted by Crippen LogP contribution is -2.58. The van der Waals surface area contributed by atoms with Crippen LogP contribution in [-0.2, 0) is 14.4 Å². The van der Waals surface area contributed by atoms with Crippen LogP contribution in [0.2, 0.25) is 0 Å². The van der Waals surface area contributed by atoms with Gasteiger partial charge in [0.05, 0.1) is 6.04 Å². The van der Waals surface area contributed by atoms with Crippen molar-refractivity contribution in [2.45, 2.75) is 50.7 Å². The number of hydrogen-bond acceptors (Lipinski definition) is 5. The predicted molar refractivity (Wildman–Crippen MR) is 82.9 cm³/mol. The Hall–Kier alpha value is -1.67. The summed E-state index contributed by atoms with van der Waals surface area (Å²) < 4.78 is 0. The minimum Gasteiger partial charge on any atom is -0.370 e. The fourth-order valence-electron chi connectivity index (χ4n) is 2.27. The van der Waals surface area contributed by atoms with E-state index in [1.165, 1.54) is 0 Å². The summed E-state index contributed by atoms with van der Waals surface area (Å²) in [6, 6.07) is -0.965. The molecule has 3 unspecified atom stereocenters. The standard InChI is InChI=1S/C14H27N5O3/c1-9(16-2)13(21)19-11-8-17-7-6-10(18-14(11)22)4-3-5-12(15)20/h9-11,16-17H,3-8H2,1-2H3,(H2,15,20)(H,18,22)(H,19,21). The van der Waals surface area contributed by atoms with Gasteiger partial charge in [0, 0.05) is 19.0 Å². The molecule has 0 aliphatic carbocycles. The number of rotatable bonds is 7. The molecule has 126 valence electrons. The number of carbonyl (C=O) groups excluding carboxylic acids is 3. The topological polar surface area (TPSA) is 125 Å². The van der Waals surface area contributed by atoms with Crippen molar-refractivity contribution in [2.75, 3.05) is 20.1 Å². The first kappa shape index (κ1) is 18.4. The molecule has 0 spiro atoms. The van der Waals surface area contributed by atoms with Crippen LogP contribution in [0, 0.1) is 0 Å². The van der Waals surface area contributed by atoms with Gasteiger partial charge in [-0.3, -0.25) is 14.4 Å². The third kappa shape index (κ3) is 6.40. The Morgan fingerprint density at radius 3 is 2.82 bits per heavy atom. The van der Waals surface area contributed by atoms with Crippen LogP contribution in [0.15, 0.2) is 0 Å². The summed E-state index contributed by atoms with van der Waals surface area (Å²) in [5.74, 6) is -0.746. The Labute approximate surface area is 131 Å². The van der Waals surface area contributed by atoms with Gasteiger partial charge in [-0.25, -0.2) is 0 Å². The van der Waals surface area contributed by atoms with Crippen molar-refractivity contribution >= 4 is 17.7 Å². The lowest BCUT2D eigenvalue weighted by atomic mass is 10.0. The van der Waals surface area contributed by atoms with Crippen molar-refractivity contribution in [1.82, 2.24) is 21.3 Å². The molecular weight excluding hydrogens is 286 g/mol. The van der Waals surface area contributed by atoms with Crippen LogP contribution in [0.4, 0.5) is 0 Å². The van der Waals surface area contributed by atoms with E-state index < -0.39 is 6.04 Å². The smallest absolute Gasteiger partial charge is 0.244 e. The second-order valence-electron chi connectivity index (χ2n) is 5.63. The number of carbonyl (C=O) groups is 3. The molecule has 1 fully saturated rings. The average molecular weight is 313 g/mol. The van der Waals surface area contributed by atoms with E-state index in [0.29, 0.717) is 25.8 Å². The molecule has 0 radical (unpaired) electrons. The van der Waals surface area contributed by atoms with Gasteiger partial charge in [0.2, 0.25) is 17.7 Å². The molecule has 0 aromatic carbocycles. The number of nitrogens with one attached hydrogen (secondary N) is 4. The maximum Gasteiger partial charge on any atom is 0.244 e.